The second-order valence-electron chi connectivity index (χ2n) is 7.44. The second kappa shape index (κ2) is 9.50. The lowest BCUT2D eigenvalue weighted by Gasteiger charge is -2.17. The molecule has 2 heterocycles. The Hall–Kier alpha value is -3.25. The van der Waals surface area contributed by atoms with E-state index < -0.39 is 0 Å². The van der Waals surface area contributed by atoms with Gasteiger partial charge in [-0.2, -0.15) is 0 Å². The van der Waals surface area contributed by atoms with E-state index in [0.717, 1.165) is 30.8 Å². The zero-order valence-electron chi connectivity index (χ0n) is 16.6. The molecule has 1 aliphatic heterocycles. The van der Waals surface area contributed by atoms with Gasteiger partial charge in [0, 0.05) is 19.3 Å². The summed E-state index contributed by atoms with van der Waals surface area (Å²) in [6.45, 7) is 2.75. The average molecular weight is 405 g/mol. The van der Waals surface area contributed by atoms with Crippen molar-refractivity contribution in [3.05, 3.63) is 90.0 Å². The number of aromatic nitrogens is 1. The molecule has 0 spiro atoms. The van der Waals surface area contributed by atoms with Gasteiger partial charge in [0.2, 0.25) is 5.91 Å². The van der Waals surface area contributed by atoms with Gasteiger partial charge in [0.15, 0.2) is 11.6 Å². The summed E-state index contributed by atoms with van der Waals surface area (Å²) in [5.74, 6) is 0.468. The van der Waals surface area contributed by atoms with Gasteiger partial charge in [-0.15, -0.1) is 0 Å². The lowest BCUT2D eigenvalue weighted by molar-refractivity contribution is -0.124. The first kappa shape index (κ1) is 20.0. The molecule has 0 bridgehead atoms. The van der Waals surface area contributed by atoms with E-state index in [4.69, 9.17) is 4.74 Å². The maximum absolute atomic E-state index is 13.8. The molecule has 1 N–H and O–H groups in total. The molecule has 1 unspecified atom stereocenters. The number of para-hydroxylation sites is 1. The average Bonchev–Trinajstić information content (AvgIpc) is 3.23. The van der Waals surface area contributed by atoms with Gasteiger partial charge in [-0.1, -0.05) is 30.3 Å². The number of nitrogens with one attached hydrogen (secondary N) is 1. The van der Waals surface area contributed by atoms with Crippen LogP contribution in [0.15, 0.2) is 72.9 Å². The SMILES string of the molecule is O=C(NCc1ccccn1)C1CCN(Cc2cccc(Oc3ccccc3F)c2)C1. The van der Waals surface area contributed by atoms with Gasteiger partial charge in [-0.3, -0.25) is 14.7 Å². The Morgan fingerprint density at radius 1 is 1.13 bits per heavy atom. The van der Waals surface area contributed by atoms with E-state index in [-0.39, 0.29) is 23.4 Å². The number of pyridine rings is 1. The van der Waals surface area contributed by atoms with Crippen LogP contribution in [0.2, 0.25) is 0 Å². The van der Waals surface area contributed by atoms with Crippen LogP contribution in [0.4, 0.5) is 4.39 Å². The highest BCUT2D eigenvalue weighted by atomic mass is 19.1. The highest BCUT2D eigenvalue weighted by Gasteiger charge is 2.28. The molecule has 1 saturated heterocycles. The predicted octanol–water partition coefficient (Wildman–Crippen LogP) is 4.15. The van der Waals surface area contributed by atoms with Crippen molar-refractivity contribution in [3.8, 4) is 11.5 Å². The van der Waals surface area contributed by atoms with E-state index in [1.807, 2.05) is 42.5 Å². The molecule has 30 heavy (non-hydrogen) atoms. The molecule has 1 aliphatic rings. The molecule has 0 saturated carbocycles. The number of halogens is 1. The van der Waals surface area contributed by atoms with Crippen LogP contribution in [0.3, 0.4) is 0 Å². The summed E-state index contributed by atoms with van der Waals surface area (Å²) in [4.78, 5) is 19.0. The van der Waals surface area contributed by atoms with Gasteiger partial charge in [0.1, 0.15) is 5.75 Å². The molecule has 3 aromatic rings. The fourth-order valence-electron chi connectivity index (χ4n) is 3.63. The molecule has 154 valence electrons. The molecule has 1 aromatic heterocycles. The number of hydrogen-bond acceptors (Lipinski definition) is 4. The number of nitrogens with zero attached hydrogens (tertiary/aromatic N) is 2. The topological polar surface area (TPSA) is 54.5 Å². The van der Waals surface area contributed by atoms with Crippen molar-refractivity contribution in [2.75, 3.05) is 13.1 Å². The predicted molar refractivity (Wildman–Crippen MR) is 112 cm³/mol. The summed E-state index contributed by atoms with van der Waals surface area (Å²) in [7, 11) is 0. The van der Waals surface area contributed by atoms with Gasteiger partial charge in [-0.25, -0.2) is 4.39 Å². The van der Waals surface area contributed by atoms with E-state index >= 15 is 0 Å². The lowest BCUT2D eigenvalue weighted by atomic mass is 10.1. The third-order valence-electron chi connectivity index (χ3n) is 5.18. The Bertz CT molecular complexity index is 997. The number of amides is 1. The highest BCUT2D eigenvalue weighted by Crippen LogP contribution is 2.26. The maximum Gasteiger partial charge on any atom is 0.224 e. The first-order chi connectivity index (χ1) is 14.7. The number of benzene rings is 2. The Balaban J connectivity index is 1.30. The highest BCUT2D eigenvalue weighted by molar-refractivity contribution is 5.79. The van der Waals surface area contributed by atoms with Crippen molar-refractivity contribution < 1.29 is 13.9 Å². The molecule has 1 atom stereocenters. The van der Waals surface area contributed by atoms with Crippen LogP contribution in [-0.4, -0.2) is 28.9 Å². The fourth-order valence-corrected chi connectivity index (χ4v) is 3.63. The van der Waals surface area contributed by atoms with E-state index in [0.29, 0.717) is 18.8 Å². The summed E-state index contributed by atoms with van der Waals surface area (Å²) in [5, 5.41) is 2.98. The number of carbonyl (C=O) groups is 1. The minimum Gasteiger partial charge on any atom is -0.454 e. The van der Waals surface area contributed by atoms with Crippen LogP contribution >= 0.6 is 0 Å². The van der Waals surface area contributed by atoms with Gasteiger partial charge in [0.05, 0.1) is 18.2 Å². The Morgan fingerprint density at radius 3 is 2.83 bits per heavy atom. The maximum atomic E-state index is 13.8. The smallest absolute Gasteiger partial charge is 0.224 e. The summed E-state index contributed by atoms with van der Waals surface area (Å²) in [6.07, 6.45) is 2.56. The number of rotatable bonds is 7. The van der Waals surface area contributed by atoms with Crippen molar-refractivity contribution in [3.63, 3.8) is 0 Å². The summed E-state index contributed by atoms with van der Waals surface area (Å²) in [6, 6.07) is 19.7. The molecule has 0 aliphatic carbocycles. The van der Waals surface area contributed by atoms with E-state index in [1.54, 1.807) is 24.4 Å². The first-order valence-electron chi connectivity index (χ1n) is 10.1. The molecule has 2 aromatic carbocycles. The van der Waals surface area contributed by atoms with Crippen molar-refractivity contribution in [1.29, 1.82) is 0 Å². The normalized spacial score (nSPS) is 16.4. The van der Waals surface area contributed by atoms with Crippen LogP contribution < -0.4 is 10.1 Å². The molecule has 5 nitrogen and oxygen atoms in total. The van der Waals surface area contributed by atoms with Crippen LogP contribution in [0, 0.1) is 11.7 Å². The van der Waals surface area contributed by atoms with Crippen molar-refractivity contribution in [2.24, 2.45) is 5.92 Å². The van der Waals surface area contributed by atoms with Crippen LogP contribution in [0.1, 0.15) is 17.7 Å². The molecule has 0 radical (unpaired) electrons. The number of carbonyl (C=O) groups excluding carboxylic acids is 1. The molecular formula is C24H24FN3O2. The van der Waals surface area contributed by atoms with E-state index in [2.05, 4.69) is 15.2 Å². The third kappa shape index (κ3) is 5.21. The standard InChI is InChI=1S/C24H24FN3O2/c25-22-9-1-2-10-23(22)30-21-8-5-6-18(14-21)16-28-13-11-19(17-28)24(29)27-15-20-7-3-4-12-26-20/h1-10,12,14,19H,11,13,15-17H2,(H,27,29). The van der Waals surface area contributed by atoms with Gasteiger partial charge in [0.25, 0.3) is 0 Å². The fraction of sp³-hybridized carbons (Fsp3) is 0.250. The summed E-state index contributed by atoms with van der Waals surface area (Å²) in [5.41, 5.74) is 1.92. The molecule has 1 amide bonds. The molecule has 6 heteroatoms. The van der Waals surface area contributed by atoms with Crippen LogP contribution in [0.5, 0.6) is 11.5 Å². The minimum absolute atomic E-state index is 0.0217. The zero-order chi connectivity index (χ0) is 20.8. The first-order valence-corrected chi connectivity index (χ1v) is 10.1. The van der Waals surface area contributed by atoms with Gasteiger partial charge in [-0.05, 0) is 54.9 Å². The van der Waals surface area contributed by atoms with Crippen molar-refractivity contribution >= 4 is 5.91 Å². The molecule has 4 rings (SSSR count). The van der Waals surface area contributed by atoms with Gasteiger partial charge >= 0.3 is 0 Å². The number of ether oxygens (including phenoxy) is 1. The zero-order valence-corrected chi connectivity index (χ0v) is 16.6. The van der Waals surface area contributed by atoms with Crippen LogP contribution in [-0.2, 0) is 17.9 Å². The summed E-state index contributed by atoms with van der Waals surface area (Å²) < 4.78 is 19.5. The second-order valence-corrected chi connectivity index (χ2v) is 7.44. The largest absolute Gasteiger partial charge is 0.454 e. The molecule has 1 fully saturated rings. The number of hydrogen-bond donors (Lipinski definition) is 1. The van der Waals surface area contributed by atoms with Crippen LogP contribution in [0.25, 0.3) is 0 Å². The van der Waals surface area contributed by atoms with Crippen molar-refractivity contribution in [1.82, 2.24) is 15.2 Å². The van der Waals surface area contributed by atoms with E-state index in [9.17, 15) is 9.18 Å². The number of likely N-dealkylation sites (tertiary alicyclic amines) is 1. The van der Waals surface area contributed by atoms with Crippen molar-refractivity contribution in [2.45, 2.75) is 19.5 Å². The summed E-state index contributed by atoms with van der Waals surface area (Å²) >= 11 is 0. The van der Waals surface area contributed by atoms with E-state index in [1.165, 1.54) is 6.07 Å². The Kier molecular flexibility index (Phi) is 6.35. The quantitative estimate of drug-likeness (QED) is 0.642. The van der Waals surface area contributed by atoms with Gasteiger partial charge < -0.3 is 10.1 Å². The monoisotopic (exact) mass is 405 g/mol. The lowest BCUT2D eigenvalue weighted by Crippen LogP contribution is -2.32. The minimum atomic E-state index is -0.387. The Morgan fingerprint density at radius 2 is 2.00 bits per heavy atom. The molecular weight excluding hydrogens is 381 g/mol. The Labute approximate surface area is 175 Å². The third-order valence-corrected chi connectivity index (χ3v) is 5.18.